The van der Waals surface area contributed by atoms with Gasteiger partial charge in [-0.25, -0.2) is 0 Å². The molecule has 1 amide bonds. The summed E-state index contributed by atoms with van der Waals surface area (Å²) in [5.41, 5.74) is 1.94. The highest BCUT2D eigenvalue weighted by Gasteiger charge is 2.24. The second-order valence-corrected chi connectivity index (χ2v) is 7.62. The van der Waals surface area contributed by atoms with Crippen molar-refractivity contribution >= 4 is 11.9 Å². The summed E-state index contributed by atoms with van der Waals surface area (Å²) >= 11 is 0. The molecular weight excluding hydrogens is 390 g/mol. The lowest BCUT2D eigenvalue weighted by Gasteiger charge is -2.25. The molecule has 1 aliphatic heterocycles. The molecule has 0 aliphatic carbocycles. The molecule has 2 aromatic carbocycles. The minimum Gasteiger partial charge on any atom is -0.497 e. The number of carbonyl (C=O) groups is 1. The quantitative estimate of drug-likeness (QED) is 0.328. The fourth-order valence-corrected chi connectivity index (χ4v) is 3.81. The van der Waals surface area contributed by atoms with Gasteiger partial charge in [-0.2, -0.15) is 0 Å². The zero-order valence-electron chi connectivity index (χ0n) is 18.4. The molecule has 1 atom stereocenters. The van der Waals surface area contributed by atoms with Crippen LogP contribution in [-0.2, 0) is 6.54 Å². The van der Waals surface area contributed by atoms with Crippen LogP contribution in [0.25, 0.3) is 0 Å². The molecule has 0 radical (unpaired) electrons. The molecule has 3 rings (SSSR count). The first-order valence-electron chi connectivity index (χ1n) is 10.8. The first kappa shape index (κ1) is 22.6. The minimum absolute atomic E-state index is 0.119. The molecule has 166 valence electrons. The van der Waals surface area contributed by atoms with Gasteiger partial charge in [0, 0.05) is 44.8 Å². The van der Waals surface area contributed by atoms with Crippen LogP contribution in [0.5, 0.6) is 5.75 Å². The summed E-state index contributed by atoms with van der Waals surface area (Å²) in [4.78, 5) is 19.1. The van der Waals surface area contributed by atoms with Crippen molar-refractivity contribution in [1.82, 2.24) is 20.9 Å². The number of aliphatic imine (C=N–C) groups is 1. The molecule has 1 fully saturated rings. The fourth-order valence-electron chi connectivity index (χ4n) is 3.81. The van der Waals surface area contributed by atoms with Crippen LogP contribution >= 0.6 is 0 Å². The normalized spacial score (nSPS) is 16.7. The number of methoxy groups -OCH3 is 1. The van der Waals surface area contributed by atoms with E-state index in [1.807, 2.05) is 12.1 Å². The van der Waals surface area contributed by atoms with Gasteiger partial charge >= 0.3 is 0 Å². The smallest absolute Gasteiger partial charge is 0.251 e. The van der Waals surface area contributed by atoms with Gasteiger partial charge in [-0.3, -0.25) is 14.7 Å². The number of nitrogens with zero attached hydrogens (tertiary/aromatic N) is 2. The number of benzene rings is 2. The lowest BCUT2D eigenvalue weighted by atomic mass is 10.2. The summed E-state index contributed by atoms with van der Waals surface area (Å²) < 4.78 is 5.17. The van der Waals surface area contributed by atoms with Gasteiger partial charge in [0.1, 0.15) is 5.75 Å². The number of nitrogens with one attached hydrogen (secondary N) is 3. The third-order valence-electron chi connectivity index (χ3n) is 5.49. The molecule has 1 unspecified atom stereocenters. The zero-order chi connectivity index (χ0) is 21.9. The number of carbonyl (C=O) groups excluding carboxylic acids is 1. The number of rotatable bonds is 9. The van der Waals surface area contributed by atoms with Gasteiger partial charge in [0.05, 0.1) is 7.11 Å². The van der Waals surface area contributed by atoms with Crippen LogP contribution in [-0.4, -0.2) is 63.1 Å². The van der Waals surface area contributed by atoms with E-state index in [-0.39, 0.29) is 5.91 Å². The lowest BCUT2D eigenvalue weighted by molar-refractivity contribution is 0.0954. The van der Waals surface area contributed by atoms with Crippen molar-refractivity contribution in [1.29, 1.82) is 0 Å². The first-order valence-corrected chi connectivity index (χ1v) is 10.8. The SMILES string of the molecule is CN=C(NCCNC(=O)c1cccc(OC)c1)NCC1CCCN1Cc1ccccc1. The summed E-state index contributed by atoms with van der Waals surface area (Å²) in [5, 5.41) is 9.61. The third-order valence-corrected chi connectivity index (χ3v) is 5.49. The van der Waals surface area contributed by atoms with E-state index in [2.05, 4.69) is 56.2 Å². The molecule has 0 saturated carbocycles. The van der Waals surface area contributed by atoms with E-state index in [1.54, 1.807) is 26.3 Å². The topological polar surface area (TPSA) is 78.0 Å². The highest BCUT2D eigenvalue weighted by Crippen LogP contribution is 2.19. The van der Waals surface area contributed by atoms with Crippen molar-refractivity contribution in [3.8, 4) is 5.75 Å². The van der Waals surface area contributed by atoms with E-state index < -0.39 is 0 Å². The van der Waals surface area contributed by atoms with Crippen molar-refractivity contribution < 1.29 is 9.53 Å². The summed E-state index contributed by atoms with van der Waals surface area (Å²) in [6, 6.07) is 18.2. The standard InChI is InChI=1S/C24H33N5O2/c1-25-24(27-14-13-26-23(30)20-10-6-12-22(16-20)31-2)28-17-21-11-7-15-29(21)18-19-8-4-3-5-9-19/h3-6,8-10,12,16,21H,7,11,13-15,17-18H2,1-2H3,(H,26,30)(H2,25,27,28). The van der Waals surface area contributed by atoms with Crippen LogP contribution in [0.15, 0.2) is 59.6 Å². The van der Waals surface area contributed by atoms with E-state index in [9.17, 15) is 4.79 Å². The molecule has 7 nitrogen and oxygen atoms in total. The van der Waals surface area contributed by atoms with Crippen LogP contribution in [0.3, 0.4) is 0 Å². The van der Waals surface area contributed by atoms with E-state index in [0.717, 1.165) is 25.6 Å². The molecule has 1 saturated heterocycles. The Hall–Kier alpha value is -3.06. The molecule has 7 heteroatoms. The molecule has 0 spiro atoms. The molecular formula is C24H33N5O2. The van der Waals surface area contributed by atoms with Crippen molar-refractivity contribution in [2.45, 2.75) is 25.4 Å². The van der Waals surface area contributed by atoms with Gasteiger partial charge in [0.15, 0.2) is 5.96 Å². The number of hydrogen-bond acceptors (Lipinski definition) is 4. The zero-order valence-corrected chi connectivity index (χ0v) is 18.4. The second kappa shape index (κ2) is 12.0. The van der Waals surface area contributed by atoms with E-state index in [0.29, 0.717) is 30.4 Å². The van der Waals surface area contributed by atoms with Gasteiger partial charge in [-0.1, -0.05) is 36.4 Å². The Kier molecular flexibility index (Phi) is 8.72. The average Bonchev–Trinajstić information content (AvgIpc) is 3.26. The largest absolute Gasteiger partial charge is 0.497 e. The highest BCUT2D eigenvalue weighted by atomic mass is 16.5. The minimum atomic E-state index is -0.119. The Morgan fingerprint density at radius 1 is 1.10 bits per heavy atom. The Morgan fingerprint density at radius 3 is 2.68 bits per heavy atom. The van der Waals surface area contributed by atoms with Crippen LogP contribution in [0.4, 0.5) is 0 Å². The molecule has 1 heterocycles. The molecule has 0 aromatic heterocycles. The van der Waals surface area contributed by atoms with Crippen LogP contribution in [0, 0.1) is 0 Å². The van der Waals surface area contributed by atoms with Crippen LogP contribution < -0.4 is 20.7 Å². The summed E-state index contributed by atoms with van der Waals surface area (Å²) in [7, 11) is 3.35. The van der Waals surface area contributed by atoms with Crippen LogP contribution in [0.1, 0.15) is 28.8 Å². The van der Waals surface area contributed by atoms with Gasteiger partial charge in [-0.05, 0) is 43.1 Å². The maximum absolute atomic E-state index is 12.3. The number of likely N-dealkylation sites (tertiary alicyclic amines) is 1. The highest BCUT2D eigenvalue weighted by molar-refractivity contribution is 5.94. The Bertz CT molecular complexity index is 856. The lowest BCUT2D eigenvalue weighted by Crippen LogP contribution is -2.46. The van der Waals surface area contributed by atoms with Crippen molar-refractivity contribution in [3.05, 3.63) is 65.7 Å². The number of amides is 1. The van der Waals surface area contributed by atoms with Crippen molar-refractivity contribution in [3.63, 3.8) is 0 Å². The first-order chi connectivity index (χ1) is 15.2. The number of hydrogen-bond donors (Lipinski definition) is 3. The third kappa shape index (κ3) is 7.00. The Balaban J connectivity index is 1.38. The number of guanidine groups is 1. The van der Waals surface area contributed by atoms with E-state index in [1.165, 1.54) is 18.4 Å². The maximum atomic E-state index is 12.3. The number of ether oxygens (including phenoxy) is 1. The molecule has 0 bridgehead atoms. The van der Waals surface area contributed by atoms with Crippen molar-refractivity contribution in [2.24, 2.45) is 4.99 Å². The van der Waals surface area contributed by atoms with E-state index in [4.69, 9.17) is 4.74 Å². The molecule has 2 aromatic rings. The van der Waals surface area contributed by atoms with Crippen molar-refractivity contribution in [2.75, 3.05) is 40.3 Å². The summed E-state index contributed by atoms with van der Waals surface area (Å²) in [6.45, 7) is 4.05. The second-order valence-electron chi connectivity index (χ2n) is 7.62. The average molecular weight is 424 g/mol. The van der Waals surface area contributed by atoms with Crippen LogP contribution in [0.2, 0.25) is 0 Å². The monoisotopic (exact) mass is 423 g/mol. The Morgan fingerprint density at radius 2 is 1.90 bits per heavy atom. The predicted molar refractivity (Wildman–Crippen MR) is 125 cm³/mol. The predicted octanol–water partition coefficient (Wildman–Crippen LogP) is 2.25. The van der Waals surface area contributed by atoms with Gasteiger partial charge in [-0.15, -0.1) is 0 Å². The summed E-state index contributed by atoms with van der Waals surface area (Å²) in [5.74, 6) is 1.30. The molecule has 1 aliphatic rings. The van der Waals surface area contributed by atoms with Gasteiger partial charge < -0.3 is 20.7 Å². The van der Waals surface area contributed by atoms with E-state index >= 15 is 0 Å². The molecule has 31 heavy (non-hydrogen) atoms. The Labute approximate surface area is 184 Å². The fraction of sp³-hybridized carbons (Fsp3) is 0.417. The van der Waals surface area contributed by atoms with Gasteiger partial charge in [0.2, 0.25) is 0 Å². The summed E-state index contributed by atoms with van der Waals surface area (Å²) in [6.07, 6.45) is 2.41. The van der Waals surface area contributed by atoms with Gasteiger partial charge in [0.25, 0.3) is 5.91 Å². The maximum Gasteiger partial charge on any atom is 0.251 e. The molecule has 3 N–H and O–H groups in total.